The largest absolute Gasteiger partial charge is 0.457 e. The molecule has 2 atom stereocenters. The van der Waals surface area contributed by atoms with Crippen molar-refractivity contribution in [3.8, 4) is 11.5 Å². The van der Waals surface area contributed by atoms with Crippen LogP contribution in [-0.4, -0.2) is 43.8 Å². The van der Waals surface area contributed by atoms with Crippen molar-refractivity contribution < 1.29 is 22.7 Å². The molecule has 0 radical (unpaired) electrons. The molecule has 0 saturated heterocycles. The van der Waals surface area contributed by atoms with Crippen molar-refractivity contribution in [1.82, 2.24) is 10.2 Å². The summed E-state index contributed by atoms with van der Waals surface area (Å²) in [6.45, 7) is 7.10. The number of para-hydroxylation sites is 1. The van der Waals surface area contributed by atoms with Gasteiger partial charge in [0.1, 0.15) is 24.1 Å². The topological polar surface area (TPSA) is 96.0 Å². The number of amides is 2. The molecule has 0 bridgehead atoms. The highest BCUT2D eigenvalue weighted by Gasteiger charge is 2.33. The Morgan fingerprint density at radius 1 is 0.795 bits per heavy atom. The Balaban J connectivity index is 1.70. The second kappa shape index (κ2) is 14.7. The molecule has 0 unspecified atom stereocenters. The van der Waals surface area contributed by atoms with Crippen LogP contribution in [0.4, 0.5) is 5.69 Å². The van der Waals surface area contributed by atoms with E-state index in [0.717, 1.165) is 21.9 Å². The number of anilines is 1. The first-order valence-electron chi connectivity index (χ1n) is 14.6. The van der Waals surface area contributed by atoms with E-state index in [1.54, 1.807) is 49.4 Å². The summed E-state index contributed by atoms with van der Waals surface area (Å²) in [7, 11) is -4.16. The predicted molar refractivity (Wildman–Crippen MR) is 173 cm³/mol. The number of carbonyl (C=O) groups is 2. The van der Waals surface area contributed by atoms with Crippen molar-refractivity contribution in [3.63, 3.8) is 0 Å². The normalized spacial score (nSPS) is 12.5. The van der Waals surface area contributed by atoms with Gasteiger partial charge in [-0.15, -0.1) is 0 Å². The Kier molecular flexibility index (Phi) is 10.8. The van der Waals surface area contributed by atoms with Gasteiger partial charge in [-0.3, -0.25) is 13.9 Å². The van der Waals surface area contributed by atoms with E-state index in [2.05, 4.69) is 5.32 Å². The Morgan fingerprint density at radius 2 is 1.36 bits per heavy atom. The molecule has 4 aromatic rings. The van der Waals surface area contributed by atoms with Crippen LogP contribution in [0, 0.1) is 6.92 Å². The van der Waals surface area contributed by atoms with E-state index in [0.29, 0.717) is 11.5 Å². The molecule has 0 spiro atoms. The fourth-order valence-corrected chi connectivity index (χ4v) is 6.01. The lowest BCUT2D eigenvalue weighted by Crippen LogP contribution is -2.52. The smallest absolute Gasteiger partial charge is 0.264 e. The van der Waals surface area contributed by atoms with Crippen molar-refractivity contribution in [2.45, 2.75) is 57.6 Å². The highest BCUT2D eigenvalue weighted by atomic mass is 32.2. The van der Waals surface area contributed by atoms with Crippen molar-refractivity contribution in [2.24, 2.45) is 0 Å². The second-order valence-electron chi connectivity index (χ2n) is 10.7. The number of aryl methyl sites for hydroxylation is 1. The zero-order valence-electron chi connectivity index (χ0n) is 25.5. The van der Waals surface area contributed by atoms with Gasteiger partial charge in [0.05, 0.1) is 10.6 Å². The second-order valence-corrected chi connectivity index (χ2v) is 12.5. The molecule has 44 heavy (non-hydrogen) atoms. The van der Waals surface area contributed by atoms with Gasteiger partial charge in [0, 0.05) is 12.6 Å². The van der Waals surface area contributed by atoms with Gasteiger partial charge in [-0.25, -0.2) is 8.42 Å². The van der Waals surface area contributed by atoms with Crippen LogP contribution in [0.3, 0.4) is 0 Å². The van der Waals surface area contributed by atoms with Crippen molar-refractivity contribution in [1.29, 1.82) is 0 Å². The number of sulfonamides is 1. The molecule has 0 aliphatic rings. The van der Waals surface area contributed by atoms with Crippen LogP contribution in [-0.2, 0) is 26.2 Å². The summed E-state index contributed by atoms with van der Waals surface area (Å²) in [5.41, 5.74) is 2.11. The van der Waals surface area contributed by atoms with Gasteiger partial charge in [0.15, 0.2) is 0 Å². The van der Waals surface area contributed by atoms with Crippen molar-refractivity contribution >= 4 is 27.5 Å². The minimum atomic E-state index is -4.16. The number of nitrogens with zero attached hydrogens (tertiary/aromatic N) is 2. The zero-order valence-corrected chi connectivity index (χ0v) is 26.3. The number of benzene rings is 4. The first-order chi connectivity index (χ1) is 21.1. The van der Waals surface area contributed by atoms with E-state index in [1.165, 1.54) is 17.0 Å². The molecule has 0 fully saturated rings. The Hall–Kier alpha value is -4.63. The fourth-order valence-electron chi connectivity index (χ4n) is 4.57. The summed E-state index contributed by atoms with van der Waals surface area (Å²) in [6.07, 6.45) is 0.733. The fraction of sp³-hybridized carbons (Fsp3) is 0.257. The third kappa shape index (κ3) is 8.05. The molecule has 9 heteroatoms. The Morgan fingerprint density at radius 3 is 1.98 bits per heavy atom. The van der Waals surface area contributed by atoms with Crippen LogP contribution in [0.2, 0.25) is 0 Å². The van der Waals surface area contributed by atoms with Crippen LogP contribution in [0.15, 0.2) is 114 Å². The van der Waals surface area contributed by atoms with Gasteiger partial charge >= 0.3 is 0 Å². The monoisotopic (exact) mass is 613 g/mol. The molecule has 230 valence electrons. The number of nitrogens with one attached hydrogen (secondary N) is 1. The molecule has 4 rings (SSSR count). The third-order valence-electron chi connectivity index (χ3n) is 7.48. The molecule has 2 amide bonds. The first-order valence-corrected chi connectivity index (χ1v) is 16.1. The molecule has 0 aromatic heterocycles. The molecule has 1 N–H and O–H groups in total. The van der Waals surface area contributed by atoms with E-state index < -0.39 is 28.5 Å². The lowest BCUT2D eigenvalue weighted by molar-refractivity contribution is -0.139. The van der Waals surface area contributed by atoms with E-state index in [-0.39, 0.29) is 29.1 Å². The average Bonchev–Trinajstić information content (AvgIpc) is 3.04. The number of hydrogen-bond acceptors (Lipinski definition) is 5. The van der Waals surface area contributed by atoms with E-state index >= 15 is 0 Å². The molecule has 8 nitrogen and oxygen atoms in total. The van der Waals surface area contributed by atoms with E-state index in [9.17, 15) is 18.0 Å². The van der Waals surface area contributed by atoms with Crippen molar-refractivity contribution in [3.05, 3.63) is 120 Å². The molecular formula is C35H39N3O5S. The number of rotatable bonds is 13. The summed E-state index contributed by atoms with van der Waals surface area (Å²) in [4.78, 5) is 28.9. The molecule has 0 aliphatic carbocycles. The summed E-state index contributed by atoms with van der Waals surface area (Å²) in [5, 5.41) is 2.95. The maximum Gasteiger partial charge on any atom is 0.264 e. The average molecular weight is 614 g/mol. The maximum absolute atomic E-state index is 14.1. The van der Waals surface area contributed by atoms with Gasteiger partial charge in [0.25, 0.3) is 10.0 Å². The maximum atomic E-state index is 14.1. The zero-order chi connectivity index (χ0) is 31.7. The number of carbonyl (C=O) groups excluding carboxylic acids is 2. The lowest BCUT2D eigenvalue weighted by atomic mass is 10.1. The minimum Gasteiger partial charge on any atom is -0.457 e. The highest BCUT2D eigenvalue weighted by Crippen LogP contribution is 2.28. The van der Waals surface area contributed by atoms with Crippen LogP contribution in [0.1, 0.15) is 38.3 Å². The van der Waals surface area contributed by atoms with E-state index in [4.69, 9.17) is 4.74 Å². The summed E-state index contributed by atoms with van der Waals surface area (Å²) in [6, 6.07) is 30.5. The van der Waals surface area contributed by atoms with Crippen molar-refractivity contribution in [2.75, 3.05) is 10.8 Å². The molecule has 4 aromatic carbocycles. The predicted octanol–water partition coefficient (Wildman–Crippen LogP) is 6.31. The van der Waals surface area contributed by atoms with E-state index in [1.807, 2.05) is 75.4 Å². The van der Waals surface area contributed by atoms with Crippen LogP contribution < -0.4 is 14.4 Å². The summed E-state index contributed by atoms with van der Waals surface area (Å²) < 4.78 is 35.0. The molecule has 0 heterocycles. The van der Waals surface area contributed by atoms with Gasteiger partial charge in [-0.1, -0.05) is 67.6 Å². The first kappa shape index (κ1) is 32.3. The third-order valence-corrected chi connectivity index (χ3v) is 9.27. The van der Waals surface area contributed by atoms with Crippen LogP contribution in [0.5, 0.6) is 11.5 Å². The Labute approximate surface area is 260 Å². The lowest BCUT2D eigenvalue weighted by Gasteiger charge is -2.32. The standard InChI is InChI=1S/C35H39N3O5S/c1-5-27(3)36-35(40)28(4)37(24-29-15-13-12-14-26(29)2)34(39)25-38(44(41,42)33-18-10-7-11-19-33)30-20-22-32(23-21-30)43-31-16-8-6-9-17-31/h6-23,27-28H,5,24-25H2,1-4H3,(H,36,40)/t27-,28+/m1/s1. The molecule has 0 saturated carbocycles. The van der Waals surface area contributed by atoms with Gasteiger partial charge in [-0.2, -0.15) is 0 Å². The van der Waals surface area contributed by atoms with Crippen LogP contribution >= 0.6 is 0 Å². The van der Waals surface area contributed by atoms with Crippen LogP contribution in [0.25, 0.3) is 0 Å². The number of hydrogen-bond donors (Lipinski definition) is 1. The molecular weight excluding hydrogens is 574 g/mol. The van der Waals surface area contributed by atoms with Gasteiger partial charge in [-0.05, 0) is 86.8 Å². The molecule has 0 aliphatic heterocycles. The highest BCUT2D eigenvalue weighted by molar-refractivity contribution is 7.92. The summed E-state index contributed by atoms with van der Waals surface area (Å²) in [5.74, 6) is 0.339. The van der Waals surface area contributed by atoms with Gasteiger partial charge in [0.2, 0.25) is 11.8 Å². The minimum absolute atomic E-state index is 0.0467. The SMILES string of the molecule is CC[C@@H](C)NC(=O)[C@H](C)N(Cc1ccccc1C)C(=O)CN(c1ccc(Oc2ccccc2)cc1)S(=O)(=O)c1ccccc1. The quantitative estimate of drug-likeness (QED) is 0.191. The summed E-state index contributed by atoms with van der Waals surface area (Å²) >= 11 is 0. The number of ether oxygens (including phenoxy) is 1. The van der Waals surface area contributed by atoms with Gasteiger partial charge < -0.3 is 15.0 Å². The Bertz CT molecular complexity index is 1650.